The van der Waals surface area contributed by atoms with Gasteiger partial charge in [0, 0.05) is 0 Å². The fraction of sp³-hybridized carbons (Fsp3) is 0.500. The van der Waals surface area contributed by atoms with E-state index in [2.05, 4.69) is 23.8 Å². The smallest absolute Gasteiger partial charge is 0.387 e. The van der Waals surface area contributed by atoms with Gasteiger partial charge in [0.25, 0.3) is 0 Å². The van der Waals surface area contributed by atoms with E-state index in [9.17, 15) is 19.1 Å². The standard InChI is InChI=1S/C10H16N6O9P2/c11-5-4(1-23-27(21,22)25-26(18,19)20)24-10(7(5)17)16-3-15-6-8(12)13-2-14-9(6)16/h2-5,7,10,17H,1,11H2,(H,21,22)(H2,12,13,14)(H2,18,19,20)/t4-,5-,7-,10-/m1/s1. The second-order valence-corrected chi connectivity index (χ2v) is 8.38. The maximum atomic E-state index is 11.5. The van der Waals surface area contributed by atoms with E-state index < -0.39 is 46.7 Å². The Morgan fingerprint density at radius 1 is 1.26 bits per heavy atom. The molecule has 8 N–H and O–H groups in total. The number of phosphoric acid groups is 2. The fourth-order valence-corrected chi connectivity index (χ4v) is 4.12. The molecule has 0 bridgehead atoms. The van der Waals surface area contributed by atoms with Gasteiger partial charge in [-0.25, -0.2) is 24.1 Å². The van der Waals surface area contributed by atoms with Crippen molar-refractivity contribution in [2.24, 2.45) is 5.73 Å². The van der Waals surface area contributed by atoms with Crippen LogP contribution in [0.4, 0.5) is 5.82 Å². The summed E-state index contributed by atoms with van der Waals surface area (Å²) < 4.78 is 37.2. The van der Waals surface area contributed by atoms with E-state index in [4.69, 9.17) is 26.0 Å². The van der Waals surface area contributed by atoms with Crippen molar-refractivity contribution in [2.75, 3.05) is 12.3 Å². The summed E-state index contributed by atoms with van der Waals surface area (Å²) in [4.78, 5) is 38.3. The summed E-state index contributed by atoms with van der Waals surface area (Å²) >= 11 is 0. The number of aromatic nitrogens is 4. The van der Waals surface area contributed by atoms with Gasteiger partial charge in [-0.15, -0.1) is 0 Å². The summed E-state index contributed by atoms with van der Waals surface area (Å²) in [6, 6.07) is -1.07. The number of nitrogens with two attached hydrogens (primary N) is 2. The Kier molecular flexibility index (Phi) is 5.35. The molecule has 0 aromatic carbocycles. The number of aliphatic hydroxyl groups excluding tert-OH is 1. The highest BCUT2D eigenvalue weighted by atomic mass is 31.3. The Balaban J connectivity index is 1.75. The minimum atomic E-state index is -5.26. The second-order valence-electron chi connectivity index (χ2n) is 5.55. The van der Waals surface area contributed by atoms with Gasteiger partial charge in [0.05, 0.1) is 19.0 Å². The highest BCUT2D eigenvalue weighted by molar-refractivity contribution is 7.60. The third-order valence-electron chi connectivity index (χ3n) is 3.70. The van der Waals surface area contributed by atoms with Gasteiger partial charge >= 0.3 is 15.6 Å². The number of ether oxygens (including phenoxy) is 1. The van der Waals surface area contributed by atoms with Crippen molar-refractivity contribution >= 4 is 32.6 Å². The monoisotopic (exact) mass is 426 g/mol. The van der Waals surface area contributed by atoms with Crippen LogP contribution >= 0.6 is 15.6 Å². The summed E-state index contributed by atoms with van der Waals surface area (Å²) in [5.74, 6) is 0.117. The summed E-state index contributed by atoms with van der Waals surface area (Å²) in [5, 5.41) is 10.3. The molecular formula is C10H16N6O9P2. The van der Waals surface area contributed by atoms with E-state index in [1.54, 1.807) is 0 Å². The zero-order chi connectivity index (χ0) is 20.0. The highest BCUT2D eigenvalue weighted by Gasteiger charge is 2.45. The molecule has 0 amide bonds. The van der Waals surface area contributed by atoms with Gasteiger partial charge in [-0.05, 0) is 0 Å². The molecule has 0 aliphatic carbocycles. The number of rotatable bonds is 6. The van der Waals surface area contributed by atoms with E-state index in [1.807, 2.05) is 0 Å². The Morgan fingerprint density at radius 2 is 1.96 bits per heavy atom. The van der Waals surface area contributed by atoms with E-state index in [1.165, 1.54) is 17.2 Å². The van der Waals surface area contributed by atoms with Gasteiger partial charge in [-0.1, -0.05) is 0 Å². The van der Waals surface area contributed by atoms with Gasteiger partial charge < -0.3 is 36.0 Å². The molecule has 5 atom stereocenters. The maximum absolute atomic E-state index is 11.5. The summed E-state index contributed by atoms with van der Waals surface area (Å²) in [6.07, 6.45) is -0.976. The molecule has 0 saturated carbocycles. The van der Waals surface area contributed by atoms with Crippen LogP contribution in [-0.2, 0) is 22.7 Å². The number of hydrogen-bond acceptors (Lipinski definition) is 11. The third kappa shape index (κ3) is 4.33. The van der Waals surface area contributed by atoms with E-state index in [0.717, 1.165) is 0 Å². The van der Waals surface area contributed by atoms with Crippen molar-refractivity contribution in [3.63, 3.8) is 0 Å². The van der Waals surface area contributed by atoms with Gasteiger partial charge in [-0.2, -0.15) is 4.31 Å². The molecule has 1 fully saturated rings. The van der Waals surface area contributed by atoms with Gasteiger partial charge in [0.15, 0.2) is 17.7 Å². The Morgan fingerprint density at radius 3 is 2.63 bits per heavy atom. The molecule has 2 aromatic heterocycles. The van der Waals surface area contributed by atoms with Crippen LogP contribution in [0.1, 0.15) is 6.23 Å². The average molecular weight is 426 g/mol. The Hall–Kier alpha value is -1.51. The number of aliphatic hydroxyl groups is 1. The van der Waals surface area contributed by atoms with Crippen molar-refractivity contribution in [3.8, 4) is 0 Å². The van der Waals surface area contributed by atoms with Crippen LogP contribution in [0.5, 0.6) is 0 Å². The lowest BCUT2D eigenvalue weighted by atomic mass is 10.1. The molecule has 1 saturated heterocycles. The molecular weight excluding hydrogens is 410 g/mol. The fourth-order valence-electron chi connectivity index (χ4n) is 2.52. The number of phosphoric ester groups is 1. The molecule has 27 heavy (non-hydrogen) atoms. The van der Waals surface area contributed by atoms with Crippen molar-refractivity contribution in [3.05, 3.63) is 12.7 Å². The lowest BCUT2D eigenvalue weighted by Gasteiger charge is -2.18. The molecule has 150 valence electrons. The quantitative estimate of drug-likeness (QED) is 0.280. The molecule has 1 aliphatic heterocycles. The summed E-state index contributed by atoms with van der Waals surface area (Å²) in [7, 11) is -10.3. The largest absolute Gasteiger partial charge is 0.481 e. The Bertz CT molecular complexity index is 933. The normalized spacial score (nSPS) is 28.5. The van der Waals surface area contributed by atoms with Crippen LogP contribution in [-0.4, -0.2) is 64.2 Å². The summed E-state index contributed by atoms with van der Waals surface area (Å²) in [6.45, 7) is -0.688. The van der Waals surface area contributed by atoms with E-state index in [0.29, 0.717) is 0 Å². The van der Waals surface area contributed by atoms with E-state index >= 15 is 0 Å². The molecule has 15 nitrogen and oxygen atoms in total. The number of nitrogen functional groups attached to an aromatic ring is 1. The lowest BCUT2D eigenvalue weighted by Crippen LogP contribution is -2.41. The molecule has 3 heterocycles. The first-order valence-corrected chi connectivity index (χ1v) is 10.3. The van der Waals surface area contributed by atoms with E-state index in [-0.39, 0.29) is 17.0 Å². The maximum Gasteiger partial charge on any atom is 0.481 e. The first-order chi connectivity index (χ1) is 12.5. The van der Waals surface area contributed by atoms with Crippen molar-refractivity contribution < 1.29 is 42.5 Å². The number of nitrogens with zero attached hydrogens (tertiary/aromatic N) is 4. The van der Waals surface area contributed by atoms with Gasteiger partial charge in [0.1, 0.15) is 24.1 Å². The number of anilines is 1. The average Bonchev–Trinajstić information content (AvgIpc) is 3.07. The predicted octanol–water partition coefficient (Wildman–Crippen LogP) is -1.78. The van der Waals surface area contributed by atoms with Crippen LogP contribution < -0.4 is 11.5 Å². The minimum Gasteiger partial charge on any atom is -0.387 e. The van der Waals surface area contributed by atoms with Crippen LogP contribution in [0.25, 0.3) is 11.2 Å². The number of fused-ring (bicyclic) bond motifs is 1. The van der Waals surface area contributed by atoms with Crippen LogP contribution in [0.2, 0.25) is 0 Å². The molecule has 1 unspecified atom stereocenters. The molecule has 2 aromatic rings. The van der Waals surface area contributed by atoms with Crippen LogP contribution in [0, 0.1) is 0 Å². The van der Waals surface area contributed by atoms with Crippen LogP contribution in [0.3, 0.4) is 0 Å². The molecule has 17 heteroatoms. The van der Waals surface area contributed by atoms with Crippen LogP contribution in [0.15, 0.2) is 12.7 Å². The molecule has 3 rings (SSSR count). The number of imidazole rings is 1. The van der Waals surface area contributed by atoms with Crippen molar-refractivity contribution in [1.82, 2.24) is 19.5 Å². The Labute approximate surface area is 150 Å². The third-order valence-corrected chi connectivity index (χ3v) is 5.85. The summed E-state index contributed by atoms with van der Waals surface area (Å²) in [5.41, 5.74) is 12.1. The number of hydrogen-bond donors (Lipinski definition) is 6. The second kappa shape index (κ2) is 7.14. The SMILES string of the molecule is Nc1ncnc2c1ncn2[C@@H]1O[C@H](COP(=O)(O)OP(=O)(O)O)[C@@H](N)[C@H]1O. The van der Waals surface area contributed by atoms with Gasteiger partial charge in [0.2, 0.25) is 0 Å². The minimum absolute atomic E-state index is 0.117. The zero-order valence-electron chi connectivity index (χ0n) is 13.3. The predicted molar refractivity (Wildman–Crippen MR) is 86.5 cm³/mol. The van der Waals surface area contributed by atoms with Crippen molar-refractivity contribution in [1.29, 1.82) is 0 Å². The topological polar surface area (TPSA) is 238 Å². The lowest BCUT2D eigenvalue weighted by molar-refractivity contribution is -0.0482. The first kappa shape index (κ1) is 20.2. The molecule has 1 aliphatic rings. The highest BCUT2D eigenvalue weighted by Crippen LogP contribution is 2.57. The molecule has 0 radical (unpaired) electrons. The van der Waals surface area contributed by atoms with Crippen molar-refractivity contribution in [2.45, 2.75) is 24.5 Å². The van der Waals surface area contributed by atoms with Gasteiger partial charge in [-0.3, -0.25) is 9.09 Å². The first-order valence-electron chi connectivity index (χ1n) is 7.25. The molecule has 0 spiro atoms. The zero-order valence-corrected chi connectivity index (χ0v) is 15.1.